The summed E-state index contributed by atoms with van der Waals surface area (Å²) in [6, 6.07) is 4.70. The summed E-state index contributed by atoms with van der Waals surface area (Å²) in [7, 11) is -2.38. The number of benzene rings is 1. The van der Waals surface area contributed by atoms with E-state index in [1.165, 1.54) is 11.4 Å². The summed E-state index contributed by atoms with van der Waals surface area (Å²) in [5.74, 6) is -0.0981. The minimum absolute atomic E-state index is 0.168. The average molecular weight is 341 g/mol. The molecule has 6 heteroatoms. The van der Waals surface area contributed by atoms with Gasteiger partial charge in [-0.15, -0.1) is 0 Å². The molecule has 0 aliphatic rings. The Morgan fingerprint density at radius 3 is 2.09 bits per heavy atom. The summed E-state index contributed by atoms with van der Waals surface area (Å²) < 4.78 is 32.4. The number of ether oxygens (including phenoxy) is 1. The topological polar surface area (TPSA) is 63.7 Å². The number of rotatable bonds is 7. The van der Waals surface area contributed by atoms with Crippen LogP contribution in [0.2, 0.25) is 0 Å². The molecular weight excluding hydrogens is 314 g/mol. The van der Waals surface area contributed by atoms with E-state index in [-0.39, 0.29) is 22.3 Å². The van der Waals surface area contributed by atoms with Gasteiger partial charge in [0.05, 0.1) is 17.6 Å². The second-order valence-corrected chi connectivity index (χ2v) is 8.44. The van der Waals surface area contributed by atoms with Gasteiger partial charge in [-0.3, -0.25) is 0 Å². The Morgan fingerprint density at radius 1 is 1.13 bits per heavy atom. The Balaban J connectivity index is 3.37. The Kier molecular flexibility index (Phi) is 6.77. The quantitative estimate of drug-likeness (QED) is 0.715. The molecule has 130 valence electrons. The summed E-state index contributed by atoms with van der Waals surface area (Å²) >= 11 is 0. The standard InChI is InChI=1S/C17H27NO4S/c1-12(2)10-18(11-13(3)4)23(20,21)16-9-7-8-15(14(16)5)17(19)22-6/h7-9,12-13H,10-11H2,1-6H3. The van der Waals surface area contributed by atoms with Crippen LogP contribution >= 0.6 is 0 Å². The zero-order valence-electron chi connectivity index (χ0n) is 14.8. The van der Waals surface area contributed by atoms with Gasteiger partial charge >= 0.3 is 5.97 Å². The Morgan fingerprint density at radius 2 is 1.65 bits per heavy atom. The zero-order valence-corrected chi connectivity index (χ0v) is 15.6. The average Bonchev–Trinajstić information content (AvgIpc) is 2.44. The number of methoxy groups -OCH3 is 1. The number of nitrogens with zero attached hydrogens (tertiary/aromatic N) is 1. The number of sulfonamides is 1. The molecule has 1 rings (SSSR count). The van der Waals surface area contributed by atoms with Gasteiger partial charge in [-0.05, 0) is 36.5 Å². The lowest BCUT2D eigenvalue weighted by molar-refractivity contribution is 0.0599. The van der Waals surface area contributed by atoms with Gasteiger partial charge < -0.3 is 4.74 Å². The summed E-state index contributed by atoms with van der Waals surface area (Å²) in [5, 5.41) is 0. The van der Waals surface area contributed by atoms with E-state index < -0.39 is 16.0 Å². The van der Waals surface area contributed by atoms with Crippen LogP contribution in [0.5, 0.6) is 0 Å². The number of esters is 1. The van der Waals surface area contributed by atoms with Crippen molar-refractivity contribution in [3.05, 3.63) is 29.3 Å². The predicted octanol–water partition coefficient (Wildman–Crippen LogP) is 3.08. The molecule has 0 saturated carbocycles. The first-order valence-electron chi connectivity index (χ1n) is 7.79. The fourth-order valence-electron chi connectivity index (χ4n) is 2.45. The van der Waals surface area contributed by atoms with Crippen molar-refractivity contribution in [2.75, 3.05) is 20.2 Å². The first-order chi connectivity index (χ1) is 10.6. The third-order valence-electron chi connectivity index (χ3n) is 3.44. The first kappa shape index (κ1) is 19.6. The maximum atomic E-state index is 13.1. The highest BCUT2D eigenvalue weighted by Gasteiger charge is 2.28. The summed E-state index contributed by atoms with van der Waals surface area (Å²) in [4.78, 5) is 12.0. The van der Waals surface area contributed by atoms with Gasteiger partial charge in [0.2, 0.25) is 10.0 Å². The predicted molar refractivity (Wildman–Crippen MR) is 91.0 cm³/mol. The maximum absolute atomic E-state index is 13.1. The Hall–Kier alpha value is -1.40. The van der Waals surface area contributed by atoms with Crippen LogP contribution < -0.4 is 0 Å². The number of carbonyl (C=O) groups excluding carboxylic acids is 1. The molecule has 0 spiro atoms. The van der Waals surface area contributed by atoms with Gasteiger partial charge in [0.1, 0.15) is 0 Å². The molecule has 0 aromatic heterocycles. The minimum Gasteiger partial charge on any atom is -0.465 e. The van der Waals surface area contributed by atoms with Crippen LogP contribution in [-0.4, -0.2) is 38.9 Å². The molecule has 0 N–H and O–H groups in total. The molecule has 0 aliphatic carbocycles. The monoisotopic (exact) mass is 341 g/mol. The molecule has 0 atom stereocenters. The summed E-state index contributed by atoms with van der Waals surface area (Å²) in [5.41, 5.74) is 0.708. The van der Waals surface area contributed by atoms with Crippen molar-refractivity contribution in [1.82, 2.24) is 4.31 Å². The maximum Gasteiger partial charge on any atom is 0.338 e. The van der Waals surface area contributed by atoms with Gasteiger partial charge in [-0.2, -0.15) is 4.31 Å². The van der Waals surface area contributed by atoms with E-state index in [2.05, 4.69) is 0 Å². The molecule has 0 aliphatic heterocycles. The van der Waals surface area contributed by atoms with E-state index >= 15 is 0 Å². The number of carbonyl (C=O) groups is 1. The van der Waals surface area contributed by atoms with Crippen molar-refractivity contribution < 1.29 is 17.9 Å². The largest absolute Gasteiger partial charge is 0.465 e. The van der Waals surface area contributed by atoms with Crippen molar-refractivity contribution in [2.24, 2.45) is 11.8 Å². The van der Waals surface area contributed by atoms with E-state index in [0.717, 1.165) is 0 Å². The minimum atomic E-state index is -3.66. The van der Waals surface area contributed by atoms with Gasteiger partial charge in [0, 0.05) is 13.1 Å². The van der Waals surface area contributed by atoms with Gasteiger partial charge in [-0.25, -0.2) is 13.2 Å². The van der Waals surface area contributed by atoms with E-state index in [9.17, 15) is 13.2 Å². The van der Waals surface area contributed by atoms with Crippen molar-refractivity contribution in [3.63, 3.8) is 0 Å². The lowest BCUT2D eigenvalue weighted by Crippen LogP contribution is -2.37. The van der Waals surface area contributed by atoms with Crippen LogP contribution in [0.15, 0.2) is 23.1 Å². The molecule has 1 aromatic rings. The van der Waals surface area contributed by atoms with E-state index in [1.807, 2.05) is 27.7 Å². The van der Waals surface area contributed by atoms with E-state index in [0.29, 0.717) is 18.7 Å². The van der Waals surface area contributed by atoms with Gasteiger partial charge in [0.15, 0.2) is 0 Å². The number of hydrogen-bond donors (Lipinski definition) is 0. The van der Waals surface area contributed by atoms with Crippen molar-refractivity contribution >= 4 is 16.0 Å². The van der Waals surface area contributed by atoms with E-state index in [4.69, 9.17) is 4.74 Å². The van der Waals surface area contributed by atoms with Crippen LogP contribution in [0.1, 0.15) is 43.6 Å². The summed E-state index contributed by atoms with van der Waals surface area (Å²) in [6.07, 6.45) is 0. The molecular formula is C17H27NO4S. The second-order valence-electron chi connectivity index (χ2n) is 6.53. The molecule has 0 amide bonds. The molecule has 0 heterocycles. The molecule has 5 nitrogen and oxygen atoms in total. The Bertz CT molecular complexity index is 641. The van der Waals surface area contributed by atoms with Gasteiger partial charge in [0.25, 0.3) is 0 Å². The molecule has 0 fully saturated rings. The smallest absolute Gasteiger partial charge is 0.338 e. The normalized spacial score (nSPS) is 12.2. The van der Waals surface area contributed by atoms with Crippen LogP contribution in [0.25, 0.3) is 0 Å². The fourth-order valence-corrected chi connectivity index (χ4v) is 4.46. The van der Waals surface area contributed by atoms with Crippen LogP contribution in [-0.2, 0) is 14.8 Å². The second kappa shape index (κ2) is 7.93. The van der Waals surface area contributed by atoms with Gasteiger partial charge in [-0.1, -0.05) is 33.8 Å². The Labute approximate surface area is 139 Å². The summed E-state index contributed by atoms with van der Waals surface area (Å²) in [6.45, 7) is 10.5. The van der Waals surface area contributed by atoms with Crippen molar-refractivity contribution in [3.8, 4) is 0 Å². The van der Waals surface area contributed by atoms with Crippen molar-refractivity contribution in [1.29, 1.82) is 0 Å². The van der Waals surface area contributed by atoms with Crippen LogP contribution in [0.3, 0.4) is 0 Å². The van der Waals surface area contributed by atoms with Crippen molar-refractivity contribution in [2.45, 2.75) is 39.5 Å². The third kappa shape index (κ3) is 4.78. The fraction of sp³-hybridized carbons (Fsp3) is 0.588. The SMILES string of the molecule is COC(=O)c1cccc(S(=O)(=O)N(CC(C)C)CC(C)C)c1C. The third-order valence-corrected chi connectivity index (χ3v) is 5.42. The molecule has 0 unspecified atom stereocenters. The highest BCUT2D eigenvalue weighted by atomic mass is 32.2. The van der Waals surface area contributed by atoms with E-state index in [1.54, 1.807) is 25.1 Å². The van der Waals surface area contributed by atoms with Crippen LogP contribution in [0, 0.1) is 18.8 Å². The molecule has 1 aromatic carbocycles. The molecule has 0 bridgehead atoms. The first-order valence-corrected chi connectivity index (χ1v) is 9.23. The molecule has 0 radical (unpaired) electrons. The molecule has 0 saturated heterocycles. The lowest BCUT2D eigenvalue weighted by Gasteiger charge is -2.26. The highest BCUT2D eigenvalue weighted by Crippen LogP contribution is 2.24. The number of hydrogen-bond acceptors (Lipinski definition) is 4. The van der Waals surface area contributed by atoms with Crippen LogP contribution in [0.4, 0.5) is 0 Å². The zero-order chi connectivity index (χ0) is 17.8. The molecule has 23 heavy (non-hydrogen) atoms. The lowest BCUT2D eigenvalue weighted by atomic mass is 10.1. The highest BCUT2D eigenvalue weighted by molar-refractivity contribution is 7.89.